The number of anilines is 1. The van der Waals surface area contributed by atoms with E-state index < -0.39 is 17.8 Å². The fraction of sp³-hybridized carbons (Fsp3) is 0.182. The van der Waals surface area contributed by atoms with E-state index in [9.17, 15) is 13.2 Å². The van der Waals surface area contributed by atoms with Crippen LogP contribution in [0.15, 0.2) is 22.7 Å². The number of alkyl halides is 2. The molecule has 1 aromatic carbocycles. The molecule has 96 valence electrons. The number of ether oxygens (including phenoxy) is 1. The van der Waals surface area contributed by atoms with E-state index in [-0.39, 0.29) is 22.9 Å². The molecule has 2 rings (SSSR count). The number of nitrogens with two attached hydrogens (primary N) is 1. The first kappa shape index (κ1) is 12.3. The number of benzene rings is 1. The summed E-state index contributed by atoms with van der Waals surface area (Å²) in [4.78, 5) is 0. The molecule has 0 unspecified atom stereocenters. The number of nitrogens with zero attached hydrogens (tertiary/aromatic N) is 1. The zero-order valence-electron chi connectivity index (χ0n) is 9.28. The van der Waals surface area contributed by atoms with E-state index in [0.717, 1.165) is 6.07 Å². The van der Waals surface area contributed by atoms with Crippen LogP contribution in [0.25, 0.3) is 11.3 Å². The normalized spacial score (nSPS) is 10.9. The fourth-order valence-electron chi connectivity index (χ4n) is 1.60. The molecule has 18 heavy (non-hydrogen) atoms. The summed E-state index contributed by atoms with van der Waals surface area (Å²) in [5.74, 6) is -0.862. The Morgan fingerprint density at radius 2 is 2.06 bits per heavy atom. The molecule has 1 aromatic heterocycles. The molecule has 0 aliphatic heterocycles. The number of aromatic nitrogens is 1. The second-order valence-electron chi connectivity index (χ2n) is 3.49. The summed E-state index contributed by atoms with van der Waals surface area (Å²) < 4.78 is 48.6. The molecule has 0 radical (unpaired) electrons. The Morgan fingerprint density at radius 1 is 1.33 bits per heavy atom. The Balaban J connectivity index is 2.65. The highest BCUT2D eigenvalue weighted by molar-refractivity contribution is 5.69. The van der Waals surface area contributed by atoms with E-state index in [1.165, 1.54) is 13.2 Å². The van der Waals surface area contributed by atoms with Crippen LogP contribution in [-0.2, 0) is 0 Å². The maximum absolute atomic E-state index is 13.3. The third-order valence-electron chi connectivity index (χ3n) is 2.32. The highest BCUT2D eigenvalue weighted by Gasteiger charge is 2.22. The second-order valence-corrected chi connectivity index (χ2v) is 3.49. The van der Waals surface area contributed by atoms with Crippen molar-refractivity contribution in [3.63, 3.8) is 0 Å². The van der Waals surface area contributed by atoms with Gasteiger partial charge < -0.3 is 15.0 Å². The maximum Gasteiger partial charge on any atom is 0.267 e. The van der Waals surface area contributed by atoms with Gasteiger partial charge in [0.05, 0.1) is 18.2 Å². The number of hydrogen-bond donors (Lipinski definition) is 1. The summed E-state index contributed by atoms with van der Waals surface area (Å²) in [5, 5.41) is 3.41. The molecule has 0 aliphatic carbocycles. The summed E-state index contributed by atoms with van der Waals surface area (Å²) in [7, 11) is 1.21. The molecule has 0 aliphatic rings. The van der Waals surface area contributed by atoms with E-state index in [1.54, 1.807) is 0 Å². The molecule has 0 amide bonds. The monoisotopic (exact) mass is 258 g/mol. The second kappa shape index (κ2) is 4.59. The molecule has 0 saturated heterocycles. The van der Waals surface area contributed by atoms with Crippen molar-refractivity contribution in [1.82, 2.24) is 5.16 Å². The van der Waals surface area contributed by atoms with E-state index in [1.807, 2.05) is 0 Å². The summed E-state index contributed by atoms with van der Waals surface area (Å²) in [5.41, 5.74) is 4.84. The van der Waals surface area contributed by atoms with Gasteiger partial charge in [0.1, 0.15) is 11.6 Å². The lowest BCUT2D eigenvalue weighted by atomic mass is 10.1. The summed E-state index contributed by atoms with van der Waals surface area (Å²) in [6, 6.07) is 3.03. The van der Waals surface area contributed by atoms with Crippen LogP contribution in [0, 0.1) is 5.82 Å². The predicted octanol–water partition coefficient (Wildman–Crippen LogP) is 3.01. The Hall–Kier alpha value is -2.18. The average Bonchev–Trinajstić information content (AvgIpc) is 2.74. The first-order valence-corrected chi connectivity index (χ1v) is 4.91. The van der Waals surface area contributed by atoms with Crippen LogP contribution < -0.4 is 10.5 Å². The quantitative estimate of drug-likeness (QED) is 0.919. The van der Waals surface area contributed by atoms with Crippen LogP contribution in [0.4, 0.5) is 19.0 Å². The largest absolute Gasteiger partial charge is 0.495 e. The lowest BCUT2D eigenvalue weighted by molar-refractivity contribution is 0.146. The third kappa shape index (κ3) is 2.11. The number of nitrogen functional groups attached to an aromatic ring is 1. The van der Waals surface area contributed by atoms with E-state index in [2.05, 4.69) is 5.16 Å². The van der Waals surface area contributed by atoms with E-state index in [4.69, 9.17) is 15.0 Å². The van der Waals surface area contributed by atoms with Crippen molar-refractivity contribution in [1.29, 1.82) is 0 Å². The van der Waals surface area contributed by atoms with Crippen LogP contribution in [0.5, 0.6) is 5.75 Å². The van der Waals surface area contributed by atoms with Crippen LogP contribution in [0.2, 0.25) is 0 Å². The van der Waals surface area contributed by atoms with E-state index >= 15 is 0 Å². The molecular formula is C11H9F3N2O2. The molecule has 1 heterocycles. The molecule has 2 aromatic rings. The van der Waals surface area contributed by atoms with Crippen molar-refractivity contribution in [3.8, 4) is 17.1 Å². The number of halogens is 3. The van der Waals surface area contributed by atoms with Gasteiger partial charge in [-0.15, -0.1) is 0 Å². The lowest BCUT2D eigenvalue weighted by Gasteiger charge is -2.11. The van der Waals surface area contributed by atoms with Gasteiger partial charge in [0.15, 0.2) is 11.6 Å². The van der Waals surface area contributed by atoms with Gasteiger partial charge in [-0.25, -0.2) is 13.2 Å². The first-order valence-electron chi connectivity index (χ1n) is 4.91. The third-order valence-corrected chi connectivity index (χ3v) is 2.32. The van der Waals surface area contributed by atoms with Crippen molar-refractivity contribution in [2.75, 3.05) is 12.8 Å². The summed E-state index contributed by atoms with van der Waals surface area (Å²) in [6.07, 6.45) is -2.87. The van der Waals surface area contributed by atoms with Gasteiger partial charge in [0.2, 0.25) is 0 Å². The van der Waals surface area contributed by atoms with Crippen molar-refractivity contribution in [3.05, 3.63) is 29.6 Å². The van der Waals surface area contributed by atoms with Gasteiger partial charge in [-0.05, 0) is 12.1 Å². The predicted molar refractivity (Wildman–Crippen MR) is 57.8 cm³/mol. The molecule has 0 atom stereocenters. The average molecular weight is 258 g/mol. The van der Waals surface area contributed by atoms with Gasteiger partial charge in [-0.2, -0.15) is 0 Å². The summed E-state index contributed by atoms with van der Waals surface area (Å²) in [6.45, 7) is 0. The number of rotatable bonds is 3. The fourth-order valence-corrected chi connectivity index (χ4v) is 1.60. The van der Waals surface area contributed by atoms with Crippen molar-refractivity contribution >= 4 is 5.82 Å². The van der Waals surface area contributed by atoms with Gasteiger partial charge >= 0.3 is 0 Å². The summed E-state index contributed by atoms with van der Waals surface area (Å²) >= 11 is 0. The highest BCUT2D eigenvalue weighted by Crippen LogP contribution is 2.39. The first-order chi connectivity index (χ1) is 8.52. The molecule has 7 heteroatoms. The van der Waals surface area contributed by atoms with E-state index in [0.29, 0.717) is 6.07 Å². The van der Waals surface area contributed by atoms with Gasteiger partial charge in [-0.1, -0.05) is 5.16 Å². The Bertz CT molecular complexity index is 569. The molecule has 0 saturated carbocycles. The zero-order valence-corrected chi connectivity index (χ0v) is 9.28. The Labute approximate surface area is 100 Å². The minimum Gasteiger partial charge on any atom is -0.495 e. The van der Waals surface area contributed by atoms with Crippen LogP contribution >= 0.6 is 0 Å². The van der Waals surface area contributed by atoms with Crippen LogP contribution in [-0.4, -0.2) is 12.3 Å². The number of hydrogen-bond acceptors (Lipinski definition) is 4. The maximum atomic E-state index is 13.3. The Kier molecular flexibility index (Phi) is 3.14. The molecule has 2 N–H and O–H groups in total. The van der Waals surface area contributed by atoms with Crippen molar-refractivity contribution < 1.29 is 22.4 Å². The standard InChI is InChI=1S/C11H9F3N2O2/c1-17-10-6(8-4-9(15)16-18-8)2-5(12)3-7(10)11(13)14/h2-4,11H,1H3,(H2,15,16). The smallest absolute Gasteiger partial charge is 0.267 e. The zero-order chi connectivity index (χ0) is 13.3. The van der Waals surface area contributed by atoms with Gasteiger partial charge in [0.25, 0.3) is 6.43 Å². The minimum atomic E-state index is -2.87. The molecule has 0 bridgehead atoms. The van der Waals surface area contributed by atoms with Gasteiger partial charge in [0, 0.05) is 6.07 Å². The molecule has 0 spiro atoms. The molecule has 0 fully saturated rings. The Morgan fingerprint density at radius 3 is 2.56 bits per heavy atom. The van der Waals surface area contributed by atoms with Crippen molar-refractivity contribution in [2.45, 2.75) is 6.43 Å². The molecule has 4 nitrogen and oxygen atoms in total. The lowest BCUT2D eigenvalue weighted by Crippen LogP contribution is -1.97. The van der Waals surface area contributed by atoms with Crippen LogP contribution in [0.3, 0.4) is 0 Å². The number of methoxy groups -OCH3 is 1. The van der Waals surface area contributed by atoms with Crippen molar-refractivity contribution in [2.24, 2.45) is 0 Å². The molecular weight excluding hydrogens is 249 g/mol. The van der Waals surface area contributed by atoms with Crippen LogP contribution in [0.1, 0.15) is 12.0 Å². The highest BCUT2D eigenvalue weighted by atomic mass is 19.3. The SMILES string of the molecule is COc1c(-c2cc(N)no2)cc(F)cc1C(F)F. The minimum absolute atomic E-state index is 0.0389. The topological polar surface area (TPSA) is 61.3 Å². The van der Waals surface area contributed by atoms with Gasteiger partial charge in [-0.3, -0.25) is 0 Å².